The van der Waals surface area contributed by atoms with Gasteiger partial charge in [-0.15, -0.1) is 0 Å². The van der Waals surface area contributed by atoms with Crippen LogP contribution in [0.1, 0.15) is 115 Å². The fourth-order valence-corrected chi connectivity index (χ4v) is 5.54. The monoisotopic (exact) mass is 472 g/mol. The van der Waals surface area contributed by atoms with Crippen molar-refractivity contribution in [3.05, 3.63) is 89.5 Å². The predicted molar refractivity (Wildman–Crippen MR) is 158 cm³/mol. The number of allylic oxidation sites excluding steroid dienone is 4. The molecule has 2 aromatic rings. The maximum atomic E-state index is 2.42. The van der Waals surface area contributed by atoms with Crippen LogP contribution < -0.4 is 0 Å². The van der Waals surface area contributed by atoms with Gasteiger partial charge in [0.05, 0.1) is 0 Å². The lowest BCUT2D eigenvalue weighted by Gasteiger charge is -2.24. The van der Waals surface area contributed by atoms with Gasteiger partial charge in [0.1, 0.15) is 0 Å². The van der Waals surface area contributed by atoms with Gasteiger partial charge >= 0.3 is 0 Å². The van der Waals surface area contributed by atoms with E-state index in [0.717, 1.165) is 18.3 Å². The molecule has 2 unspecified atom stereocenters. The maximum Gasteiger partial charge on any atom is -0.0196 e. The Kier molecular flexibility index (Phi) is 15.2. The third-order valence-corrected chi connectivity index (χ3v) is 7.57. The molecular weight excluding hydrogens is 420 g/mol. The number of hydrogen-bond donors (Lipinski definition) is 0. The van der Waals surface area contributed by atoms with Crippen molar-refractivity contribution in [2.45, 2.75) is 111 Å². The third-order valence-electron chi connectivity index (χ3n) is 7.57. The fraction of sp³-hybridized carbons (Fsp3) is 0.543. The predicted octanol–water partition coefficient (Wildman–Crippen LogP) is 11.0. The molecule has 2 atom stereocenters. The summed E-state index contributed by atoms with van der Waals surface area (Å²) in [5, 5.41) is 0. The Hall–Kier alpha value is -2.08. The van der Waals surface area contributed by atoms with E-state index in [1.165, 1.54) is 93.7 Å². The van der Waals surface area contributed by atoms with Crippen LogP contribution in [0.5, 0.6) is 0 Å². The molecule has 0 nitrogen and oxygen atoms in total. The third kappa shape index (κ3) is 11.5. The summed E-state index contributed by atoms with van der Waals surface area (Å²) >= 11 is 0. The molecule has 0 amide bonds. The lowest BCUT2D eigenvalue weighted by molar-refractivity contribution is 0.302. The maximum absolute atomic E-state index is 2.42. The zero-order valence-electron chi connectivity index (χ0n) is 23.3. The highest BCUT2D eigenvalue weighted by atomic mass is 14.2. The Morgan fingerprint density at radius 1 is 0.714 bits per heavy atom. The minimum atomic E-state index is 0.833. The Morgan fingerprint density at radius 3 is 2.11 bits per heavy atom. The molecule has 35 heavy (non-hydrogen) atoms. The van der Waals surface area contributed by atoms with Gasteiger partial charge in [-0.2, -0.15) is 0 Å². The first-order chi connectivity index (χ1) is 17.2. The summed E-state index contributed by atoms with van der Waals surface area (Å²) in [5.41, 5.74) is 6.02. The van der Waals surface area contributed by atoms with Crippen LogP contribution in [0.3, 0.4) is 0 Å². The molecule has 2 aromatic carbocycles. The largest absolute Gasteiger partial charge is 0.0885 e. The zero-order chi connectivity index (χ0) is 25.1. The standard InChI is InChI=1S/C35H52/c1-5-9-10-11-12-14-22-32(26-25-30-20-15-13-16-21-30)29-31(19-6-2)27-28-34-23-17-18-24-35(34)33(7-3)8-4/h7,10-11,13,15-18,20-21,23-24,31-32H,5-6,8-9,12,14,19,22,25-29H2,1-4H3/b11-10-,33-7-. The van der Waals surface area contributed by atoms with Gasteiger partial charge in [0.2, 0.25) is 0 Å². The number of benzene rings is 2. The van der Waals surface area contributed by atoms with Crippen LogP contribution in [-0.4, -0.2) is 0 Å². The molecule has 0 saturated heterocycles. The van der Waals surface area contributed by atoms with Crippen LogP contribution in [0.4, 0.5) is 0 Å². The zero-order valence-corrected chi connectivity index (χ0v) is 23.3. The van der Waals surface area contributed by atoms with E-state index in [2.05, 4.69) is 101 Å². The molecule has 2 rings (SSSR count). The van der Waals surface area contributed by atoms with Crippen LogP contribution in [0, 0.1) is 11.8 Å². The highest BCUT2D eigenvalue weighted by molar-refractivity contribution is 5.67. The van der Waals surface area contributed by atoms with Crippen molar-refractivity contribution in [1.82, 2.24) is 0 Å². The topological polar surface area (TPSA) is 0 Å². The average molecular weight is 473 g/mol. The van der Waals surface area contributed by atoms with Crippen LogP contribution in [0.15, 0.2) is 72.8 Å². The summed E-state index contributed by atoms with van der Waals surface area (Å²) in [5.74, 6) is 1.67. The van der Waals surface area contributed by atoms with Gasteiger partial charge < -0.3 is 0 Å². The molecule has 0 aliphatic heterocycles. The molecule has 0 heteroatoms. The summed E-state index contributed by atoms with van der Waals surface area (Å²) in [7, 11) is 0. The SMILES string of the molecule is C/C=C(/CC)c1ccccc1CCC(CCC)CC(CCC/C=C\CCC)CCc1ccccc1. The van der Waals surface area contributed by atoms with Crippen molar-refractivity contribution in [2.24, 2.45) is 11.8 Å². The van der Waals surface area contributed by atoms with Crippen molar-refractivity contribution >= 4 is 5.57 Å². The summed E-state index contributed by atoms with van der Waals surface area (Å²) in [6.07, 6.45) is 23.8. The molecular formula is C35H52. The van der Waals surface area contributed by atoms with Crippen molar-refractivity contribution in [1.29, 1.82) is 0 Å². The van der Waals surface area contributed by atoms with Gasteiger partial charge in [-0.3, -0.25) is 0 Å². The second-order valence-corrected chi connectivity index (χ2v) is 10.3. The lowest BCUT2D eigenvalue weighted by atomic mass is 9.81. The number of rotatable bonds is 18. The van der Waals surface area contributed by atoms with E-state index in [-0.39, 0.29) is 0 Å². The van der Waals surface area contributed by atoms with Crippen molar-refractivity contribution in [3.8, 4) is 0 Å². The van der Waals surface area contributed by atoms with Crippen LogP contribution >= 0.6 is 0 Å². The average Bonchev–Trinajstić information content (AvgIpc) is 2.89. The fourth-order valence-electron chi connectivity index (χ4n) is 5.54. The Bertz CT molecular complexity index is 841. The normalized spacial score (nSPS) is 13.9. The number of hydrogen-bond acceptors (Lipinski definition) is 0. The second-order valence-electron chi connectivity index (χ2n) is 10.3. The van der Waals surface area contributed by atoms with E-state index >= 15 is 0 Å². The van der Waals surface area contributed by atoms with E-state index in [4.69, 9.17) is 0 Å². The minimum Gasteiger partial charge on any atom is -0.0885 e. The lowest BCUT2D eigenvalue weighted by Crippen LogP contribution is -2.12. The number of unbranched alkanes of at least 4 members (excludes halogenated alkanes) is 2. The minimum absolute atomic E-state index is 0.833. The Morgan fingerprint density at radius 2 is 1.40 bits per heavy atom. The molecule has 0 spiro atoms. The van der Waals surface area contributed by atoms with E-state index in [1.807, 2.05) is 0 Å². The first kappa shape index (κ1) is 29.2. The van der Waals surface area contributed by atoms with Gasteiger partial charge in [0, 0.05) is 0 Å². The summed E-state index contributed by atoms with van der Waals surface area (Å²) < 4.78 is 0. The van der Waals surface area contributed by atoms with Gasteiger partial charge in [-0.05, 0) is 98.8 Å². The Balaban J connectivity index is 2.02. The first-order valence-electron chi connectivity index (χ1n) is 14.6. The molecule has 0 fully saturated rings. The van der Waals surface area contributed by atoms with Crippen LogP contribution in [0.25, 0.3) is 5.57 Å². The number of aryl methyl sites for hydroxylation is 2. The quantitative estimate of drug-likeness (QED) is 0.149. The molecule has 0 aromatic heterocycles. The molecule has 0 aliphatic carbocycles. The molecule has 0 N–H and O–H groups in total. The van der Waals surface area contributed by atoms with Gasteiger partial charge in [0.25, 0.3) is 0 Å². The van der Waals surface area contributed by atoms with Crippen molar-refractivity contribution < 1.29 is 0 Å². The molecule has 0 aliphatic rings. The van der Waals surface area contributed by atoms with E-state index in [9.17, 15) is 0 Å². The molecule has 0 saturated carbocycles. The highest BCUT2D eigenvalue weighted by Crippen LogP contribution is 2.31. The van der Waals surface area contributed by atoms with Crippen LogP contribution in [-0.2, 0) is 12.8 Å². The summed E-state index contributed by atoms with van der Waals surface area (Å²) in [4.78, 5) is 0. The van der Waals surface area contributed by atoms with E-state index in [0.29, 0.717) is 0 Å². The highest BCUT2D eigenvalue weighted by Gasteiger charge is 2.17. The first-order valence-corrected chi connectivity index (χ1v) is 14.6. The van der Waals surface area contributed by atoms with Gasteiger partial charge in [-0.25, -0.2) is 0 Å². The molecule has 0 radical (unpaired) electrons. The van der Waals surface area contributed by atoms with E-state index < -0.39 is 0 Å². The van der Waals surface area contributed by atoms with Crippen LogP contribution in [0.2, 0.25) is 0 Å². The summed E-state index contributed by atoms with van der Waals surface area (Å²) in [6, 6.07) is 20.3. The smallest absolute Gasteiger partial charge is 0.0196 e. The van der Waals surface area contributed by atoms with E-state index in [1.54, 1.807) is 5.56 Å². The molecule has 0 heterocycles. The summed E-state index contributed by atoms with van der Waals surface area (Å²) in [6.45, 7) is 9.09. The molecule has 0 bridgehead atoms. The Labute approximate surface area is 218 Å². The van der Waals surface area contributed by atoms with Gasteiger partial charge in [-0.1, -0.05) is 119 Å². The van der Waals surface area contributed by atoms with Crippen molar-refractivity contribution in [2.75, 3.05) is 0 Å². The molecule has 192 valence electrons. The second kappa shape index (κ2) is 18.2. The van der Waals surface area contributed by atoms with Crippen molar-refractivity contribution in [3.63, 3.8) is 0 Å². The van der Waals surface area contributed by atoms with Gasteiger partial charge in [0.15, 0.2) is 0 Å².